The molecule has 1 heterocycles. The Balaban J connectivity index is 0.00000182. The predicted octanol–water partition coefficient (Wildman–Crippen LogP) is 4.28. The number of fused-ring (bicyclic) bond motifs is 1. The summed E-state index contributed by atoms with van der Waals surface area (Å²) in [5, 5.41) is 8.98. The second-order valence-corrected chi connectivity index (χ2v) is 7.90. The topological polar surface area (TPSA) is 44.1 Å². The number of rotatable bonds is 3. The van der Waals surface area contributed by atoms with E-state index in [9.17, 15) is 4.79 Å². The van der Waals surface area contributed by atoms with Crippen molar-refractivity contribution in [2.75, 3.05) is 13.1 Å². The fourth-order valence-electron chi connectivity index (χ4n) is 5.77. The Hall–Kier alpha value is -1.37. The number of carbonyl (C=O) groups is 1. The van der Waals surface area contributed by atoms with E-state index in [4.69, 9.17) is 5.26 Å². The summed E-state index contributed by atoms with van der Waals surface area (Å²) in [5.74, 6) is 0.878. The average Bonchev–Trinajstić information content (AvgIpc) is 2.60. The molecule has 3 atom stereocenters. The van der Waals surface area contributed by atoms with Crippen molar-refractivity contribution in [2.24, 2.45) is 5.92 Å². The molecule has 2 fully saturated rings. The molecule has 1 aromatic carbocycles. The fourth-order valence-corrected chi connectivity index (χ4v) is 5.77. The first kappa shape index (κ1) is 18.4. The summed E-state index contributed by atoms with van der Waals surface area (Å²) < 4.78 is 0. The van der Waals surface area contributed by atoms with Crippen LogP contribution >= 0.6 is 12.4 Å². The van der Waals surface area contributed by atoms with Gasteiger partial charge in [0, 0.05) is 30.0 Å². The van der Waals surface area contributed by atoms with Gasteiger partial charge in [0.15, 0.2) is 5.78 Å². The van der Waals surface area contributed by atoms with Crippen molar-refractivity contribution in [1.82, 2.24) is 4.90 Å². The Kier molecular flexibility index (Phi) is 5.23. The zero-order valence-electron chi connectivity index (χ0n) is 15.0. The van der Waals surface area contributed by atoms with E-state index in [-0.39, 0.29) is 23.6 Å². The Bertz CT molecular complexity index is 710. The lowest BCUT2D eigenvalue weighted by atomic mass is 9.52. The van der Waals surface area contributed by atoms with Gasteiger partial charge in [-0.2, -0.15) is 5.26 Å². The first-order chi connectivity index (χ1) is 11.7. The number of carbonyl (C=O) groups excluding carboxylic acids is 1. The lowest BCUT2D eigenvalue weighted by Gasteiger charge is -2.59. The normalized spacial score (nSPS) is 30.4. The lowest BCUT2D eigenvalue weighted by molar-refractivity contribution is -0.0101. The van der Waals surface area contributed by atoms with Gasteiger partial charge in [-0.1, -0.05) is 25.0 Å². The molecule has 1 aliphatic heterocycles. The highest BCUT2D eigenvalue weighted by molar-refractivity contribution is 5.94. The van der Waals surface area contributed by atoms with Gasteiger partial charge >= 0.3 is 0 Å². The van der Waals surface area contributed by atoms with Crippen LogP contribution in [0.15, 0.2) is 18.2 Å². The van der Waals surface area contributed by atoms with Crippen molar-refractivity contribution in [3.63, 3.8) is 0 Å². The van der Waals surface area contributed by atoms with Crippen molar-refractivity contribution < 1.29 is 4.79 Å². The number of halogens is 1. The minimum Gasteiger partial charge on any atom is -0.299 e. The molecule has 2 bridgehead atoms. The maximum absolute atomic E-state index is 11.9. The third-order valence-electron chi connectivity index (χ3n) is 6.87. The van der Waals surface area contributed by atoms with E-state index >= 15 is 0 Å². The van der Waals surface area contributed by atoms with E-state index in [1.165, 1.54) is 43.2 Å². The first-order valence-corrected chi connectivity index (χ1v) is 9.41. The molecule has 4 heteroatoms. The smallest absolute Gasteiger partial charge is 0.159 e. The van der Waals surface area contributed by atoms with E-state index < -0.39 is 0 Å². The molecule has 1 saturated carbocycles. The van der Waals surface area contributed by atoms with Crippen LogP contribution in [0.2, 0.25) is 0 Å². The minimum absolute atomic E-state index is 0. The molecule has 0 radical (unpaired) electrons. The second-order valence-electron chi connectivity index (χ2n) is 7.90. The molecular formula is C21H27ClN2O. The molecule has 1 aromatic rings. The quantitative estimate of drug-likeness (QED) is 0.757. The van der Waals surface area contributed by atoms with Gasteiger partial charge in [-0.3, -0.25) is 9.69 Å². The molecule has 0 N–H and O–H groups in total. The van der Waals surface area contributed by atoms with Crippen LogP contribution in [0.1, 0.15) is 66.9 Å². The molecule has 4 rings (SSSR count). The summed E-state index contributed by atoms with van der Waals surface area (Å²) in [6.45, 7) is 3.69. The van der Waals surface area contributed by atoms with Crippen molar-refractivity contribution in [3.05, 3.63) is 34.9 Å². The SMILES string of the molecule is CC(=O)c1ccc2c(c1)[C@@]13CCCC[C@H]1[C@@H](C2)N(CCC#N)CC3.Cl. The van der Waals surface area contributed by atoms with Crippen LogP contribution < -0.4 is 0 Å². The number of ketones is 1. The van der Waals surface area contributed by atoms with E-state index in [0.717, 1.165) is 25.1 Å². The van der Waals surface area contributed by atoms with Crippen molar-refractivity contribution in [1.29, 1.82) is 5.26 Å². The molecule has 2 aliphatic carbocycles. The zero-order chi connectivity index (χ0) is 16.7. The number of benzene rings is 1. The van der Waals surface area contributed by atoms with Crippen LogP contribution in [-0.4, -0.2) is 29.8 Å². The summed E-state index contributed by atoms with van der Waals surface area (Å²) in [5.41, 5.74) is 4.09. The number of Topliss-reactive ketones (excluding diaryl/α,β-unsaturated/α-hetero) is 1. The average molecular weight is 359 g/mol. The zero-order valence-corrected chi connectivity index (χ0v) is 15.8. The van der Waals surface area contributed by atoms with E-state index in [1.54, 1.807) is 6.92 Å². The highest BCUT2D eigenvalue weighted by atomic mass is 35.5. The van der Waals surface area contributed by atoms with Crippen molar-refractivity contribution in [2.45, 2.75) is 63.3 Å². The van der Waals surface area contributed by atoms with E-state index in [0.29, 0.717) is 18.4 Å². The molecule has 134 valence electrons. The number of piperidine rings is 1. The number of hydrogen-bond acceptors (Lipinski definition) is 3. The third kappa shape index (κ3) is 2.90. The maximum Gasteiger partial charge on any atom is 0.159 e. The van der Waals surface area contributed by atoms with Crippen LogP contribution in [0.3, 0.4) is 0 Å². The molecule has 0 unspecified atom stereocenters. The first-order valence-electron chi connectivity index (χ1n) is 9.41. The van der Waals surface area contributed by atoms with Crippen LogP contribution in [0.4, 0.5) is 0 Å². The summed E-state index contributed by atoms with van der Waals surface area (Å²) in [4.78, 5) is 14.5. The maximum atomic E-state index is 11.9. The Morgan fingerprint density at radius 3 is 2.96 bits per heavy atom. The van der Waals surface area contributed by atoms with Gasteiger partial charge in [0.25, 0.3) is 0 Å². The van der Waals surface area contributed by atoms with Gasteiger partial charge in [0.1, 0.15) is 0 Å². The van der Waals surface area contributed by atoms with Crippen LogP contribution in [0.5, 0.6) is 0 Å². The van der Waals surface area contributed by atoms with Gasteiger partial charge in [0.05, 0.1) is 6.07 Å². The molecule has 0 amide bonds. The predicted molar refractivity (Wildman–Crippen MR) is 101 cm³/mol. The molecule has 0 aromatic heterocycles. The second kappa shape index (κ2) is 7.09. The number of likely N-dealkylation sites (tertiary alicyclic amines) is 1. The van der Waals surface area contributed by atoms with E-state index in [1.807, 2.05) is 6.07 Å². The fraction of sp³-hybridized carbons (Fsp3) is 0.619. The van der Waals surface area contributed by atoms with Crippen molar-refractivity contribution >= 4 is 18.2 Å². The van der Waals surface area contributed by atoms with Crippen LogP contribution in [0.25, 0.3) is 0 Å². The molecular weight excluding hydrogens is 332 g/mol. The van der Waals surface area contributed by atoms with Gasteiger partial charge in [-0.25, -0.2) is 0 Å². The standard InChI is InChI=1S/C21H26N2O.ClH/c1-15(24)16-6-7-17-14-20-18-5-2-3-8-21(18,19(17)13-16)9-12-23(20)11-4-10-22;/h6-7,13,18,20H,2-5,8-9,11-12,14H2,1H3;1H/t18-,20+,21+;/m0./s1. The Labute approximate surface area is 156 Å². The highest BCUT2D eigenvalue weighted by Gasteiger charge is 2.53. The molecule has 3 aliphatic rings. The van der Waals surface area contributed by atoms with Gasteiger partial charge < -0.3 is 0 Å². The summed E-state index contributed by atoms with van der Waals surface area (Å²) in [6.07, 6.45) is 8.12. The Morgan fingerprint density at radius 2 is 2.20 bits per heavy atom. The van der Waals surface area contributed by atoms with Crippen LogP contribution in [-0.2, 0) is 11.8 Å². The van der Waals surface area contributed by atoms with E-state index in [2.05, 4.69) is 23.1 Å². The summed E-state index contributed by atoms with van der Waals surface area (Å²) >= 11 is 0. The molecule has 25 heavy (non-hydrogen) atoms. The van der Waals surface area contributed by atoms with Crippen LogP contribution in [0, 0.1) is 17.2 Å². The van der Waals surface area contributed by atoms with Gasteiger partial charge in [-0.15, -0.1) is 12.4 Å². The number of nitrogens with zero attached hydrogens (tertiary/aromatic N) is 2. The largest absolute Gasteiger partial charge is 0.299 e. The number of nitriles is 1. The number of hydrogen-bond donors (Lipinski definition) is 0. The summed E-state index contributed by atoms with van der Waals surface area (Å²) in [7, 11) is 0. The molecule has 3 nitrogen and oxygen atoms in total. The summed E-state index contributed by atoms with van der Waals surface area (Å²) in [6, 6.07) is 9.34. The monoisotopic (exact) mass is 358 g/mol. The van der Waals surface area contributed by atoms with Gasteiger partial charge in [0.2, 0.25) is 0 Å². The molecule has 0 spiro atoms. The highest BCUT2D eigenvalue weighted by Crippen LogP contribution is 2.55. The minimum atomic E-state index is 0. The van der Waals surface area contributed by atoms with Crippen molar-refractivity contribution in [3.8, 4) is 6.07 Å². The van der Waals surface area contributed by atoms with Gasteiger partial charge in [-0.05, 0) is 62.3 Å². The lowest BCUT2D eigenvalue weighted by Crippen LogP contribution is -2.61. The Morgan fingerprint density at radius 1 is 1.36 bits per heavy atom. The third-order valence-corrected chi connectivity index (χ3v) is 6.87. The molecule has 1 saturated heterocycles.